The summed E-state index contributed by atoms with van der Waals surface area (Å²) in [4.78, 5) is 11.5. The van der Waals surface area contributed by atoms with Crippen LogP contribution in [0.4, 0.5) is 87.8 Å². The fraction of sp³-hybridized carbons (Fsp3) is 0. The molecule has 7 aromatic rings. The summed E-state index contributed by atoms with van der Waals surface area (Å²) >= 11 is 52.1. The summed E-state index contributed by atoms with van der Waals surface area (Å²) in [7, 11) is 0. The Bertz CT molecular complexity index is 3540. The fourth-order valence-corrected chi connectivity index (χ4v) is 9.69. The van der Waals surface area contributed by atoms with Crippen LogP contribution in [-0.2, 0) is 0 Å². The Balaban J connectivity index is 1.75. The fourth-order valence-electron chi connectivity index (χ4n) is 7.84. The number of benzene rings is 4. The van der Waals surface area contributed by atoms with E-state index in [0.717, 1.165) is 0 Å². The highest BCUT2D eigenvalue weighted by Gasteiger charge is 2.40. The second-order valence-corrected chi connectivity index (χ2v) is 18.2. The van der Waals surface area contributed by atoms with Crippen molar-refractivity contribution in [3.05, 3.63) is 159 Å². The van der Waals surface area contributed by atoms with Gasteiger partial charge in [0, 0.05) is 22.3 Å². The molecule has 0 radical (unpaired) electrons. The number of rotatable bonds is 4. The first-order chi connectivity index (χ1) is 35.4. The number of nitrogens with zero attached hydrogens (tertiary/aromatic N) is 2. The molecular formula is C44H2Cl8F20N4. The van der Waals surface area contributed by atoms with Crippen molar-refractivity contribution in [2.45, 2.75) is 0 Å². The average Bonchev–Trinajstić information content (AvgIpc) is 4.06. The molecule has 8 bridgehead atoms. The van der Waals surface area contributed by atoms with Gasteiger partial charge in [0.2, 0.25) is 23.3 Å². The molecule has 76 heavy (non-hydrogen) atoms. The van der Waals surface area contributed by atoms with Crippen molar-refractivity contribution in [2.24, 2.45) is 0 Å². The minimum Gasteiger partial charge on any atom is -0.352 e. The maximum absolute atomic E-state index is 16.2. The summed E-state index contributed by atoms with van der Waals surface area (Å²) in [5.74, 6) is -57.1. The van der Waals surface area contributed by atoms with E-state index in [1.54, 1.807) is 0 Å². The number of aromatic nitrogens is 4. The van der Waals surface area contributed by atoms with E-state index >= 15 is 70.2 Å². The van der Waals surface area contributed by atoms with Gasteiger partial charge < -0.3 is 9.97 Å². The van der Waals surface area contributed by atoms with E-state index in [4.69, 9.17) is 92.8 Å². The molecule has 2 aliphatic heterocycles. The molecule has 0 saturated heterocycles. The SMILES string of the molecule is Fc1c(F)c(F)c(-c2c3nc(c(-c4c(F)c(F)c(F)c(F)c4F)c4[nH]c(c(Cl)c4Cl)c(-c4c(F)c(F)c(F)c(F)c4F)c4nc(c(-c5c(F)c(F)c(F)c(F)c5F)c5[nH]c2c(Cl)c5Cl)C(Cl)=C4Cl)C(Cl)=C3Cl)c(F)c1F. The zero-order chi connectivity index (χ0) is 56.2. The molecule has 394 valence electrons. The number of halogens is 28. The first-order valence-electron chi connectivity index (χ1n) is 19.2. The van der Waals surface area contributed by atoms with E-state index in [0.29, 0.717) is 0 Å². The normalized spacial score (nSPS) is 12.9. The number of hydrogen-bond acceptors (Lipinski definition) is 2. The van der Waals surface area contributed by atoms with Gasteiger partial charge in [-0.25, -0.2) is 97.8 Å². The van der Waals surface area contributed by atoms with Crippen molar-refractivity contribution < 1.29 is 87.8 Å². The van der Waals surface area contributed by atoms with Crippen molar-refractivity contribution in [1.82, 2.24) is 19.9 Å². The molecule has 32 heteroatoms. The van der Waals surface area contributed by atoms with E-state index < -0.39 is 246 Å². The summed E-state index contributed by atoms with van der Waals surface area (Å²) in [6.45, 7) is 0. The Labute approximate surface area is 444 Å². The van der Waals surface area contributed by atoms with Crippen molar-refractivity contribution in [2.75, 3.05) is 0 Å². The second-order valence-electron chi connectivity index (χ2n) is 15.2. The zero-order valence-corrected chi connectivity index (χ0v) is 40.5. The molecule has 4 aromatic carbocycles. The van der Waals surface area contributed by atoms with Crippen LogP contribution in [-0.4, -0.2) is 19.9 Å². The Morgan fingerprint density at radius 1 is 0.197 bits per heavy atom. The van der Waals surface area contributed by atoms with E-state index in [1.807, 2.05) is 9.97 Å². The second kappa shape index (κ2) is 19.1. The third-order valence-corrected chi connectivity index (χ3v) is 14.6. The lowest BCUT2D eigenvalue weighted by atomic mass is 10.0. The number of aromatic amines is 2. The quantitative estimate of drug-likeness (QED) is 0.105. The summed E-state index contributed by atoms with van der Waals surface area (Å²) in [6.07, 6.45) is 0. The number of nitrogens with one attached hydrogen (secondary N) is 2. The molecule has 4 nitrogen and oxygen atoms in total. The molecular weight excluding hydrogens is 1250 g/mol. The smallest absolute Gasteiger partial charge is 0.200 e. The first-order valence-corrected chi connectivity index (χ1v) is 22.2. The molecule has 0 atom stereocenters. The predicted octanol–water partition coefficient (Wildman–Crippen LogP) is 19.0. The number of H-pyrrole nitrogens is 2. The first kappa shape index (κ1) is 55.2. The van der Waals surface area contributed by atoms with E-state index in [2.05, 4.69) is 9.97 Å². The Morgan fingerprint density at radius 3 is 0.474 bits per heavy atom. The largest absolute Gasteiger partial charge is 0.352 e. The average molecular weight is 1250 g/mol. The van der Waals surface area contributed by atoms with Crippen LogP contribution in [0, 0.1) is 116 Å². The van der Waals surface area contributed by atoms with Crippen molar-refractivity contribution in [3.8, 4) is 44.5 Å². The summed E-state index contributed by atoms with van der Waals surface area (Å²) in [5, 5.41) is -11.4. The van der Waals surface area contributed by atoms with Crippen molar-refractivity contribution in [3.63, 3.8) is 0 Å². The Morgan fingerprint density at radius 2 is 0.329 bits per heavy atom. The van der Waals surface area contributed by atoms with Crippen LogP contribution in [0.2, 0.25) is 20.1 Å². The van der Waals surface area contributed by atoms with Gasteiger partial charge in [0.05, 0.1) is 107 Å². The highest BCUT2D eigenvalue weighted by molar-refractivity contribution is 6.67. The molecule has 0 fully saturated rings. The van der Waals surface area contributed by atoms with Gasteiger partial charge in [0.1, 0.15) is 0 Å². The molecule has 2 N–H and O–H groups in total. The molecule has 0 saturated carbocycles. The molecule has 5 heterocycles. The van der Waals surface area contributed by atoms with Crippen LogP contribution in [0.5, 0.6) is 0 Å². The van der Waals surface area contributed by atoms with Crippen LogP contribution in [0.15, 0.2) is 0 Å². The summed E-state index contributed by atoms with van der Waals surface area (Å²) < 4.78 is 310. The zero-order valence-electron chi connectivity index (χ0n) is 34.5. The van der Waals surface area contributed by atoms with Crippen LogP contribution in [0.1, 0.15) is 22.8 Å². The van der Waals surface area contributed by atoms with Crippen LogP contribution in [0.3, 0.4) is 0 Å². The van der Waals surface area contributed by atoms with Gasteiger partial charge in [-0.1, -0.05) is 92.8 Å². The third-order valence-electron chi connectivity index (χ3n) is 11.2. The highest BCUT2D eigenvalue weighted by Crippen LogP contribution is 2.54. The molecule has 0 spiro atoms. The van der Waals surface area contributed by atoms with Gasteiger partial charge in [-0.15, -0.1) is 0 Å². The highest BCUT2D eigenvalue weighted by atomic mass is 35.5. The van der Waals surface area contributed by atoms with E-state index in [1.165, 1.54) is 0 Å². The molecule has 0 amide bonds. The van der Waals surface area contributed by atoms with Crippen LogP contribution >= 0.6 is 92.8 Å². The Hall–Kier alpha value is -5.60. The summed E-state index contributed by atoms with van der Waals surface area (Å²) in [6, 6.07) is 0. The maximum atomic E-state index is 16.2. The molecule has 0 aliphatic carbocycles. The van der Waals surface area contributed by atoms with E-state index in [9.17, 15) is 17.6 Å². The minimum atomic E-state index is -2.89. The van der Waals surface area contributed by atoms with Crippen molar-refractivity contribution in [1.29, 1.82) is 0 Å². The minimum absolute atomic E-state index is 1.41. The van der Waals surface area contributed by atoms with Crippen LogP contribution < -0.4 is 0 Å². The van der Waals surface area contributed by atoms with Gasteiger partial charge in [-0.2, -0.15) is 0 Å². The van der Waals surface area contributed by atoms with Gasteiger partial charge in [0.15, 0.2) is 93.1 Å². The number of fused-ring (bicyclic) bond motifs is 8. The van der Waals surface area contributed by atoms with Crippen molar-refractivity contribution >= 4 is 135 Å². The van der Waals surface area contributed by atoms with Gasteiger partial charge in [-0.3, -0.25) is 0 Å². The lowest BCUT2D eigenvalue weighted by Crippen LogP contribution is -2.06. The molecule has 0 unspecified atom stereocenters. The maximum Gasteiger partial charge on any atom is 0.200 e. The topological polar surface area (TPSA) is 57.4 Å². The predicted molar refractivity (Wildman–Crippen MR) is 239 cm³/mol. The van der Waals surface area contributed by atoms with Gasteiger partial charge in [0.25, 0.3) is 0 Å². The number of hydrogen-bond donors (Lipinski definition) is 2. The Kier molecular flexibility index (Phi) is 13.9. The summed E-state index contributed by atoms with van der Waals surface area (Å²) in [5.41, 5.74) is -28.3. The van der Waals surface area contributed by atoms with Gasteiger partial charge in [-0.05, 0) is 0 Å². The lowest BCUT2D eigenvalue weighted by Gasteiger charge is -2.12. The molecule has 9 rings (SSSR count). The molecule has 3 aromatic heterocycles. The monoisotopic (exact) mass is 1250 g/mol. The van der Waals surface area contributed by atoms with Crippen LogP contribution in [0.25, 0.3) is 86.7 Å². The third kappa shape index (κ3) is 7.58. The lowest BCUT2D eigenvalue weighted by molar-refractivity contribution is 0.381. The van der Waals surface area contributed by atoms with E-state index in [-0.39, 0.29) is 0 Å². The molecule has 2 aliphatic rings. The van der Waals surface area contributed by atoms with Gasteiger partial charge >= 0.3 is 0 Å². The standard InChI is InChI=1S/C44H2Cl8F20N4/c45-9-11(47)39-6(2-19(55)27(63)34(70)28(64)20(2)56)41-13(49)15(51)43(75-41)8(4-23(59)31(67)36(72)32(68)24(4)60)44-16(52)14(50)42(76-44)7(3-21(57)29(65)35(71)30(66)22(3)58)40-12(48)10(46)38(74-40)5(37(9)73-39)1-17(53)25(61)33(69)26(62)18(1)54/h73,76H.